The molecule has 1 aromatic carbocycles. The average Bonchev–Trinajstić information content (AvgIpc) is 2.53. The normalized spacial score (nSPS) is 10.1. The van der Waals surface area contributed by atoms with Crippen molar-refractivity contribution in [2.45, 2.75) is 25.7 Å². The number of rotatable bonds is 8. The quantitative estimate of drug-likeness (QED) is 0.726. The molecule has 0 fully saturated rings. The predicted molar refractivity (Wildman–Crippen MR) is 83.3 cm³/mol. The summed E-state index contributed by atoms with van der Waals surface area (Å²) in [5.74, 6) is -0.106. The first kappa shape index (κ1) is 16.4. The van der Waals surface area contributed by atoms with E-state index in [2.05, 4.69) is 15.3 Å². The number of unbranched alkanes of at least 4 members (excludes halogenated alkanes) is 1. The molecule has 7 nitrogen and oxygen atoms in total. The van der Waals surface area contributed by atoms with Gasteiger partial charge in [0, 0.05) is 37.0 Å². The summed E-state index contributed by atoms with van der Waals surface area (Å²) >= 11 is 0. The number of ether oxygens (including phenoxy) is 1. The van der Waals surface area contributed by atoms with Gasteiger partial charge >= 0.3 is 5.97 Å². The van der Waals surface area contributed by atoms with E-state index in [1.54, 1.807) is 30.5 Å². The first-order valence-electron chi connectivity index (χ1n) is 7.19. The second-order valence-corrected chi connectivity index (χ2v) is 4.82. The molecule has 0 bridgehead atoms. The lowest BCUT2D eigenvalue weighted by atomic mass is 10.2. The van der Waals surface area contributed by atoms with Crippen LogP contribution in [-0.4, -0.2) is 27.0 Å². The van der Waals surface area contributed by atoms with E-state index >= 15 is 0 Å². The van der Waals surface area contributed by atoms with Gasteiger partial charge in [-0.05, 0) is 25.0 Å². The fourth-order valence-corrected chi connectivity index (χ4v) is 1.88. The zero-order valence-corrected chi connectivity index (χ0v) is 12.4. The van der Waals surface area contributed by atoms with Crippen LogP contribution in [0.2, 0.25) is 0 Å². The van der Waals surface area contributed by atoms with Gasteiger partial charge in [0.1, 0.15) is 5.75 Å². The number of carboxylic acid groups (broad SMARTS) is 1. The number of nitrogens with zero attached hydrogens (tertiary/aromatic N) is 2. The number of anilines is 1. The van der Waals surface area contributed by atoms with E-state index in [0.717, 1.165) is 0 Å². The summed E-state index contributed by atoms with van der Waals surface area (Å²) in [4.78, 5) is 30.1. The highest BCUT2D eigenvalue weighted by Crippen LogP contribution is 2.22. The number of hydrogen-bond acceptors (Lipinski definition) is 5. The van der Waals surface area contributed by atoms with Gasteiger partial charge in [0.15, 0.2) is 0 Å². The van der Waals surface area contributed by atoms with Crippen molar-refractivity contribution < 1.29 is 19.4 Å². The third-order valence-electron chi connectivity index (χ3n) is 2.92. The van der Waals surface area contributed by atoms with Gasteiger partial charge in [-0.1, -0.05) is 6.07 Å². The Bertz CT molecular complexity index is 661. The molecule has 0 atom stereocenters. The van der Waals surface area contributed by atoms with Gasteiger partial charge < -0.3 is 15.2 Å². The van der Waals surface area contributed by atoms with Crippen LogP contribution in [0.1, 0.15) is 25.7 Å². The van der Waals surface area contributed by atoms with Crippen LogP contribution in [0.3, 0.4) is 0 Å². The highest BCUT2D eigenvalue weighted by atomic mass is 16.5. The van der Waals surface area contributed by atoms with Crippen molar-refractivity contribution in [3.05, 3.63) is 42.9 Å². The Morgan fingerprint density at radius 3 is 2.74 bits per heavy atom. The predicted octanol–water partition coefficient (Wildman–Crippen LogP) is 2.85. The van der Waals surface area contributed by atoms with Gasteiger partial charge in [0.25, 0.3) is 0 Å². The standard InChI is InChI=1S/C16H17N3O4/c20-14(6-1-2-7-16(21)22)19-12-4-3-5-13(10-12)23-15-11-17-8-9-18-15/h3-5,8-11H,1-2,6-7H2,(H,19,20)(H,21,22). The maximum Gasteiger partial charge on any atom is 0.303 e. The van der Waals surface area contributed by atoms with Crippen molar-refractivity contribution in [1.29, 1.82) is 0 Å². The smallest absolute Gasteiger partial charge is 0.303 e. The summed E-state index contributed by atoms with van der Waals surface area (Å²) in [7, 11) is 0. The van der Waals surface area contributed by atoms with E-state index in [9.17, 15) is 9.59 Å². The van der Waals surface area contributed by atoms with Crippen molar-refractivity contribution in [2.75, 3.05) is 5.32 Å². The van der Waals surface area contributed by atoms with Crippen molar-refractivity contribution in [3.8, 4) is 11.6 Å². The molecule has 0 saturated carbocycles. The lowest BCUT2D eigenvalue weighted by Crippen LogP contribution is -2.11. The van der Waals surface area contributed by atoms with Crippen LogP contribution in [0, 0.1) is 0 Å². The van der Waals surface area contributed by atoms with Gasteiger partial charge in [-0.15, -0.1) is 0 Å². The highest BCUT2D eigenvalue weighted by Gasteiger charge is 2.05. The third-order valence-corrected chi connectivity index (χ3v) is 2.92. The van der Waals surface area contributed by atoms with Crippen LogP contribution in [0.5, 0.6) is 11.6 Å². The van der Waals surface area contributed by atoms with Crippen LogP contribution >= 0.6 is 0 Å². The van der Waals surface area contributed by atoms with Crippen molar-refractivity contribution in [3.63, 3.8) is 0 Å². The van der Waals surface area contributed by atoms with Gasteiger partial charge in [0.2, 0.25) is 11.8 Å². The summed E-state index contributed by atoms with van der Waals surface area (Å²) in [6, 6.07) is 6.94. The maximum absolute atomic E-state index is 11.8. The molecule has 0 saturated heterocycles. The summed E-state index contributed by atoms with van der Waals surface area (Å²) < 4.78 is 5.54. The van der Waals surface area contributed by atoms with E-state index < -0.39 is 5.97 Å². The van der Waals surface area contributed by atoms with E-state index in [4.69, 9.17) is 9.84 Å². The first-order chi connectivity index (χ1) is 11.1. The Morgan fingerprint density at radius 1 is 1.17 bits per heavy atom. The maximum atomic E-state index is 11.8. The SMILES string of the molecule is O=C(O)CCCCC(=O)Nc1cccc(Oc2cnccn2)c1. The first-order valence-corrected chi connectivity index (χ1v) is 7.19. The molecule has 0 aliphatic rings. The summed E-state index contributed by atoms with van der Waals surface area (Å²) in [6.07, 6.45) is 5.95. The molecular formula is C16H17N3O4. The fraction of sp³-hybridized carbons (Fsp3) is 0.250. The summed E-state index contributed by atoms with van der Waals surface area (Å²) in [6.45, 7) is 0. The Morgan fingerprint density at radius 2 is 2.00 bits per heavy atom. The number of carboxylic acids is 1. The number of hydrogen-bond donors (Lipinski definition) is 2. The third kappa shape index (κ3) is 6.13. The lowest BCUT2D eigenvalue weighted by molar-refractivity contribution is -0.137. The molecule has 0 unspecified atom stereocenters. The van der Waals surface area contributed by atoms with Crippen LogP contribution < -0.4 is 10.1 Å². The molecule has 2 rings (SSSR count). The van der Waals surface area contributed by atoms with Gasteiger partial charge in [-0.3, -0.25) is 14.6 Å². The van der Waals surface area contributed by atoms with Crippen LogP contribution in [0.15, 0.2) is 42.9 Å². The number of benzene rings is 1. The number of amides is 1. The number of aromatic nitrogens is 2. The Kier molecular flexibility index (Phi) is 6.05. The molecule has 120 valence electrons. The van der Waals surface area contributed by atoms with Gasteiger partial charge in [-0.2, -0.15) is 0 Å². The molecule has 0 aliphatic carbocycles. The molecule has 1 heterocycles. The zero-order valence-electron chi connectivity index (χ0n) is 12.4. The molecule has 1 aromatic heterocycles. The second kappa shape index (κ2) is 8.47. The van der Waals surface area contributed by atoms with Crippen molar-refractivity contribution in [2.24, 2.45) is 0 Å². The highest BCUT2D eigenvalue weighted by molar-refractivity contribution is 5.90. The molecular weight excluding hydrogens is 298 g/mol. The van der Waals surface area contributed by atoms with Crippen LogP contribution in [0.25, 0.3) is 0 Å². The minimum Gasteiger partial charge on any atom is -0.481 e. The topological polar surface area (TPSA) is 101 Å². The molecule has 23 heavy (non-hydrogen) atoms. The van der Waals surface area contributed by atoms with Gasteiger partial charge in [-0.25, -0.2) is 4.98 Å². The van der Waals surface area contributed by atoms with E-state index in [1.165, 1.54) is 12.4 Å². The van der Waals surface area contributed by atoms with Crippen LogP contribution in [-0.2, 0) is 9.59 Å². The largest absolute Gasteiger partial charge is 0.481 e. The summed E-state index contributed by atoms with van der Waals surface area (Å²) in [5, 5.41) is 11.3. The molecule has 0 radical (unpaired) electrons. The second-order valence-electron chi connectivity index (χ2n) is 4.82. The Labute approximate surface area is 133 Å². The van der Waals surface area contributed by atoms with Crippen molar-refractivity contribution in [1.82, 2.24) is 9.97 Å². The average molecular weight is 315 g/mol. The Balaban J connectivity index is 1.84. The number of nitrogens with one attached hydrogen (secondary N) is 1. The number of carbonyl (C=O) groups excluding carboxylic acids is 1. The van der Waals surface area contributed by atoms with Crippen LogP contribution in [0.4, 0.5) is 5.69 Å². The molecule has 2 N–H and O–H groups in total. The molecule has 0 spiro atoms. The summed E-state index contributed by atoms with van der Waals surface area (Å²) in [5.41, 5.74) is 0.606. The number of carbonyl (C=O) groups is 2. The molecule has 2 aromatic rings. The van der Waals surface area contributed by atoms with Gasteiger partial charge in [0.05, 0.1) is 6.20 Å². The zero-order chi connectivity index (χ0) is 16.5. The fourth-order valence-electron chi connectivity index (χ4n) is 1.88. The minimum atomic E-state index is -0.848. The van der Waals surface area contributed by atoms with Crippen molar-refractivity contribution >= 4 is 17.6 Å². The van der Waals surface area contributed by atoms with E-state index in [1.807, 2.05) is 0 Å². The monoisotopic (exact) mass is 315 g/mol. The number of aliphatic carboxylic acids is 1. The van der Waals surface area contributed by atoms with E-state index in [-0.39, 0.29) is 18.7 Å². The lowest BCUT2D eigenvalue weighted by Gasteiger charge is -2.08. The van der Waals surface area contributed by atoms with E-state index in [0.29, 0.717) is 30.2 Å². The minimum absolute atomic E-state index is 0.0781. The Hall–Kier alpha value is -2.96. The molecule has 0 aliphatic heterocycles. The molecule has 1 amide bonds. The molecule has 7 heteroatoms.